The zero-order valence-corrected chi connectivity index (χ0v) is 23.7. The molecule has 0 aliphatic carbocycles. The molecule has 0 atom stereocenters. The Bertz CT molecular complexity index is 1710. The number of alkyl carbamates (subject to hydrolysis) is 1. The van der Waals surface area contributed by atoms with Crippen LogP contribution in [-0.4, -0.2) is 24.8 Å². The Balaban J connectivity index is 1.41. The van der Waals surface area contributed by atoms with Gasteiger partial charge in [0.05, 0.1) is 19.8 Å². The zero-order chi connectivity index (χ0) is 29.0. The van der Waals surface area contributed by atoms with Crippen LogP contribution in [0, 0.1) is 0 Å². The van der Waals surface area contributed by atoms with Crippen LogP contribution in [0.15, 0.2) is 89.5 Å². The van der Waals surface area contributed by atoms with E-state index in [1.54, 1.807) is 6.26 Å². The number of amides is 1. The van der Waals surface area contributed by atoms with Crippen molar-refractivity contribution in [2.45, 2.75) is 45.9 Å². The van der Waals surface area contributed by atoms with Crippen molar-refractivity contribution in [1.82, 2.24) is 5.32 Å². The first kappa shape index (κ1) is 27.8. The topological polar surface area (TPSA) is 87.0 Å². The average Bonchev–Trinajstić information content (AvgIpc) is 3.43. The number of methoxy groups -OCH3 is 1. The van der Waals surface area contributed by atoms with E-state index < -0.39 is 11.7 Å². The summed E-state index contributed by atoms with van der Waals surface area (Å²) in [5, 5.41) is 5.75. The van der Waals surface area contributed by atoms with Crippen molar-refractivity contribution in [2.75, 3.05) is 7.11 Å². The Morgan fingerprint density at radius 1 is 0.878 bits per heavy atom. The highest BCUT2D eigenvalue weighted by Crippen LogP contribution is 2.33. The largest absolute Gasteiger partial charge is 0.489 e. The van der Waals surface area contributed by atoms with Crippen molar-refractivity contribution in [3.63, 3.8) is 0 Å². The summed E-state index contributed by atoms with van der Waals surface area (Å²) in [4.78, 5) is 24.4. The Kier molecular flexibility index (Phi) is 7.97. The molecule has 0 radical (unpaired) electrons. The highest BCUT2D eigenvalue weighted by molar-refractivity contribution is 5.93. The molecular formula is C34H33NO6. The van der Waals surface area contributed by atoms with E-state index in [1.807, 2.05) is 99.6 Å². The van der Waals surface area contributed by atoms with E-state index in [-0.39, 0.29) is 12.4 Å². The monoisotopic (exact) mass is 551 g/mol. The number of carbonyl (C=O) groups is 2. The SMILES string of the molecule is COC(=O)Cc1c(OCc2cc(-c3cccc(CNC(=O)OC(C)(C)C)c3)c3occc3c2)ccc2ccccc12. The van der Waals surface area contributed by atoms with Gasteiger partial charge < -0.3 is 23.9 Å². The van der Waals surface area contributed by atoms with Crippen LogP contribution in [0.2, 0.25) is 0 Å². The summed E-state index contributed by atoms with van der Waals surface area (Å²) in [6.45, 7) is 6.12. The first-order valence-electron chi connectivity index (χ1n) is 13.5. The number of ether oxygens (including phenoxy) is 3. The lowest BCUT2D eigenvalue weighted by Crippen LogP contribution is -2.32. The van der Waals surface area contributed by atoms with E-state index in [2.05, 4.69) is 5.32 Å². The fraction of sp³-hybridized carbons (Fsp3) is 0.235. The number of nitrogens with one attached hydrogen (secondary N) is 1. The molecule has 1 amide bonds. The molecular weight excluding hydrogens is 518 g/mol. The quantitative estimate of drug-likeness (QED) is 0.200. The molecule has 0 spiro atoms. The second-order valence-corrected chi connectivity index (χ2v) is 10.8. The molecule has 0 saturated heterocycles. The molecule has 0 unspecified atom stereocenters. The minimum atomic E-state index is -0.563. The van der Waals surface area contributed by atoms with Gasteiger partial charge in [0.15, 0.2) is 0 Å². The Morgan fingerprint density at radius 2 is 1.71 bits per heavy atom. The van der Waals surface area contributed by atoms with Gasteiger partial charge in [-0.05, 0) is 78.6 Å². The van der Waals surface area contributed by atoms with Crippen molar-refractivity contribution in [2.24, 2.45) is 0 Å². The summed E-state index contributed by atoms with van der Waals surface area (Å²) in [5.74, 6) is 0.313. The molecule has 5 rings (SSSR count). The van der Waals surface area contributed by atoms with Crippen LogP contribution in [0.25, 0.3) is 32.9 Å². The lowest BCUT2D eigenvalue weighted by atomic mass is 9.98. The van der Waals surface area contributed by atoms with Crippen LogP contribution in [0.3, 0.4) is 0 Å². The van der Waals surface area contributed by atoms with Crippen LogP contribution in [0.5, 0.6) is 5.75 Å². The molecule has 210 valence electrons. The maximum absolute atomic E-state index is 12.2. The maximum atomic E-state index is 12.2. The molecule has 5 aromatic rings. The first-order chi connectivity index (χ1) is 19.7. The molecule has 0 fully saturated rings. The summed E-state index contributed by atoms with van der Waals surface area (Å²) in [6.07, 6.45) is 1.32. The highest BCUT2D eigenvalue weighted by atomic mass is 16.6. The number of hydrogen-bond donors (Lipinski definition) is 1. The van der Waals surface area contributed by atoms with E-state index in [1.165, 1.54) is 7.11 Å². The van der Waals surface area contributed by atoms with Gasteiger partial charge in [0.1, 0.15) is 23.5 Å². The van der Waals surface area contributed by atoms with Gasteiger partial charge in [-0.1, -0.05) is 48.5 Å². The normalized spacial score (nSPS) is 11.4. The predicted molar refractivity (Wildman–Crippen MR) is 159 cm³/mol. The minimum absolute atomic E-state index is 0.114. The molecule has 7 nitrogen and oxygen atoms in total. The number of benzene rings is 4. The van der Waals surface area contributed by atoms with Crippen molar-refractivity contribution >= 4 is 33.8 Å². The van der Waals surface area contributed by atoms with Crippen LogP contribution >= 0.6 is 0 Å². The lowest BCUT2D eigenvalue weighted by Gasteiger charge is -2.19. The van der Waals surface area contributed by atoms with Gasteiger partial charge in [0.25, 0.3) is 0 Å². The van der Waals surface area contributed by atoms with E-state index in [4.69, 9.17) is 18.6 Å². The fourth-order valence-corrected chi connectivity index (χ4v) is 4.79. The number of rotatable bonds is 8. The number of fused-ring (bicyclic) bond motifs is 2. The molecule has 41 heavy (non-hydrogen) atoms. The Labute approximate surface area is 239 Å². The fourth-order valence-electron chi connectivity index (χ4n) is 4.79. The van der Waals surface area contributed by atoms with Gasteiger partial charge in [0, 0.05) is 23.1 Å². The molecule has 4 aromatic carbocycles. The van der Waals surface area contributed by atoms with E-state index in [9.17, 15) is 9.59 Å². The van der Waals surface area contributed by atoms with Crippen molar-refractivity contribution in [3.05, 3.63) is 102 Å². The molecule has 0 aliphatic heterocycles. The molecule has 0 saturated carbocycles. The van der Waals surface area contributed by atoms with Gasteiger partial charge >= 0.3 is 12.1 Å². The van der Waals surface area contributed by atoms with Gasteiger partial charge in [-0.2, -0.15) is 0 Å². The smallest absolute Gasteiger partial charge is 0.407 e. The van der Waals surface area contributed by atoms with Crippen molar-refractivity contribution in [3.8, 4) is 16.9 Å². The number of furan rings is 1. The van der Waals surface area contributed by atoms with Crippen molar-refractivity contribution in [1.29, 1.82) is 0 Å². The average molecular weight is 552 g/mol. The van der Waals surface area contributed by atoms with E-state index in [0.29, 0.717) is 18.9 Å². The lowest BCUT2D eigenvalue weighted by molar-refractivity contribution is -0.139. The molecule has 0 bridgehead atoms. The third-order valence-electron chi connectivity index (χ3n) is 6.63. The van der Waals surface area contributed by atoms with Crippen LogP contribution in [-0.2, 0) is 33.8 Å². The minimum Gasteiger partial charge on any atom is -0.489 e. The second kappa shape index (κ2) is 11.8. The molecule has 1 heterocycles. The Hall–Kier alpha value is -4.78. The van der Waals surface area contributed by atoms with Gasteiger partial charge in [-0.15, -0.1) is 0 Å². The predicted octanol–water partition coefficient (Wildman–Crippen LogP) is 7.57. The number of hydrogen-bond acceptors (Lipinski definition) is 6. The maximum Gasteiger partial charge on any atom is 0.407 e. The highest BCUT2D eigenvalue weighted by Gasteiger charge is 2.17. The third-order valence-corrected chi connectivity index (χ3v) is 6.63. The van der Waals surface area contributed by atoms with E-state index >= 15 is 0 Å². The summed E-state index contributed by atoms with van der Waals surface area (Å²) < 4.78 is 22.5. The van der Waals surface area contributed by atoms with Crippen molar-refractivity contribution < 1.29 is 28.2 Å². The number of esters is 1. The number of carbonyl (C=O) groups excluding carboxylic acids is 2. The van der Waals surface area contributed by atoms with Crippen LogP contribution < -0.4 is 10.1 Å². The van der Waals surface area contributed by atoms with Gasteiger partial charge in [0.2, 0.25) is 0 Å². The second-order valence-electron chi connectivity index (χ2n) is 10.8. The summed E-state index contributed by atoms with van der Waals surface area (Å²) in [6, 6.07) is 25.8. The molecule has 0 aliphatic rings. The summed E-state index contributed by atoms with van der Waals surface area (Å²) >= 11 is 0. The first-order valence-corrected chi connectivity index (χ1v) is 13.5. The molecule has 7 heteroatoms. The third kappa shape index (κ3) is 6.69. The summed E-state index contributed by atoms with van der Waals surface area (Å²) in [7, 11) is 1.39. The molecule has 1 N–H and O–H groups in total. The van der Waals surface area contributed by atoms with E-state index in [0.717, 1.165) is 49.6 Å². The molecule has 1 aromatic heterocycles. The van der Waals surface area contributed by atoms with Gasteiger partial charge in [-0.25, -0.2) is 4.79 Å². The zero-order valence-electron chi connectivity index (χ0n) is 23.7. The van der Waals surface area contributed by atoms with Crippen LogP contribution in [0.4, 0.5) is 4.79 Å². The van der Waals surface area contributed by atoms with Crippen LogP contribution in [0.1, 0.15) is 37.5 Å². The summed E-state index contributed by atoms with van der Waals surface area (Å²) in [5.41, 5.74) is 4.74. The Morgan fingerprint density at radius 3 is 2.51 bits per heavy atom. The standard InChI is InChI=1S/C34H33NO6/c1-34(2,3)41-33(37)35-20-22-8-7-10-25(16-22)28-18-23(17-26-14-15-39-32(26)28)21-40-30-13-12-24-9-5-6-11-27(24)29(30)19-31(36)38-4/h5-18H,19-21H2,1-4H3,(H,35,37). The van der Waals surface area contributed by atoms with Gasteiger partial charge in [-0.3, -0.25) is 4.79 Å².